The number of likely N-dealkylation sites (tertiary alicyclic amines) is 1. The highest BCUT2D eigenvalue weighted by atomic mass is 16.6. The number of rotatable bonds is 9. The van der Waals surface area contributed by atoms with Crippen LogP contribution in [0.4, 0.5) is 4.79 Å². The lowest BCUT2D eigenvalue weighted by atomic mass is 9.95. The maximum absolute atomic E-state index is 13.7. The zero-order valence-electron chi connectivity index (χ0n) is 23.5. The average molecular weight is 556 g/mol. The summed E-state index contributed by atoms with van der Waals surface area (Å²) < 4.78 is 10.5. The van der Waals surface area contributed by atoms with E-state index in [1.807, 2.05) is 13.8 Å². The van der Waals surface area contributed by atoms with Crippen molar-refractivity contribution in [3.63, 3.8) is 0 Å². The molecule has 0 radical (unpaired) electrons. The molecule has 0 spiro atoms. The van der Waals surface area contributed by atoms with Crippen LogP contribution in [0.5, 0.6) is 0 Å². The molecule has 0 aromatic heterocycles. The molecule has 1 aromatic carbocycles. The molecule has 40 heavy (non-hydrogen) atoms. The standard InChI is InChI=1S/C29H37N3O8/c1-28(2,3)40-27(38)32-14-18-21(29(18,4)5)22(32)25(36)31-19(13-17-11-12-30-24(17)35)20(33)15-39-26(37)23(34)16-9-7-6-8-10-16/h6-10,17-19,21-22H,11-15H2,1-5H3,(H,30,35)(H,31,36)/t17?,18-,19-,21-,22-/m0/s1. The van der Waals surface area contributed by atoms with Gasteiger partial charge in [0.25, 0.3) is 5.78 Å². The van der Waals surface area contributed by atoms with Crippen molar-refractivity contribution in [3.8, 4) is 0 Å². The van der Waals surface area contributed by atoms with Gasteiger partial charge >= 0.3 is 12.1 Å². The Morgan fingerprint density at radius 1 is 1.12 bits per heavy atom. The van der Waals surface area contributed by atoms with Crippen molar-refractivity contribution in [1.82, 2.24) is 15.5 Å². The van der Waals surface area contributed by atoms with Gasteiger partial charge in [0.1, 0.15) is 11.6 Å². The molecule has 2 aliphatic heterocycles. The molecule has 1 unspecified atom stereocenters. The van der Waals surface area contributed by atoms with Gasteiger partial charge in [-0.2, -0.15) is 0 Å². The second-order valence-electron chi connectivity index (χ2n) is 12.3. The van der Waals surface area contributed by atoms with Gasteiger partial charge in [-0.05, 0) is 50.9 Å². The lowest BCUT2D eigenvalue weighted by molar-refractivity contribution is -0.144. The first-order valence-electron chi connectivity index (χ1n) is 13.6. The Hall–Kier alpha value is -3.76. The number of esters is 1. The number of amides is 3. The molecule has 11 nitrogen and oxygen atoms in total. The van der Waals surface area contributed by atoms with Crippen LogP contribution < -0.4 is 10.6 Å². The molecule has 5 atom stereocenters. The Bertz CT molecular complexity index is 1210. The minimum absolute atomic E-state index is 0.00274. The largest absolute Gasteiger partial charge is 0.452 e. The van der Waals surface area contributed by atoms with Crippen LogP contribution in [0.1, 0.15) is 57.8 Å². The van der Waals surface area contributed by atoms with Crippen LogP contribution in [-0.4, -0.2) is 77.7 Å². The molecule has 1 saturated carbocycles. The van der Waals surface area contributed by atoms with E-state index in [0.717, 1.165) is 0 Å². The minimum atomic E-state index is -1.20. The smallest absolute Gasteiger partial charge is 0.410 e. The van der Waals surface area contributed by atoms with Crippen LogP contribution in [0.2, 0.25) is 0 Å². The lowest BCUT2D eigenvalue weighted by Crippen LogP contribution is -2.55. The number of fused-ring (bicyclic) bond motifs is 1. The summed E-state index contributed by atoms with van der Waals surface area (Å²) in [7, 11) is 0. The molecule has 2 saturated heterocycles. The number of ether oxygens (including phenoxy) is 2. The Labute approximate surface area is 233 Å². The zero-order valence-corrected chi connectivity index (χ0v) is 23.5. The SMILES string of the molecule is CC(C)(C)OC(=O)N1C[C@H]2[C@@H]([C@H]1C(=O)N[C@@H](CC1CCNC1=O)C(=O)COC(=O)C(=O)c1ccccc1)C2(C)C. The molecule has 3 fully saturated rings. The number of hydrogen-bond donors (Lipinski definition) is 2. The zero-order chi connectivity index (χ0) is 29.4. The molecule has 11 heteroatoms. The van der Waals surface area contributed by atoms with Crippen LogP contribution in [0.3, 0.4) is 0 Å². The topological polar surface area (TPSA) is 148 Å². The van der Waals surface area contributed by atoms with E-state index in [0.29, 0.717) is 19.5 Å². The summed E-state index contributed by atoms with van der Waals surface area (Å²) in [5, 5.41) is 5.45. The first-order valence-corrected chi connectivity index (χ1v) is 13.6. The van der Waals surface area contributed by atoms with Crippen molar-refractivity contribution in [3.05, 3.63) is 35.9 Å². The van der Waals surface area contributed by atoms with E-state index >= 15 is 0 Å². The van der Waals surface area contributed by atoms with E-state index in [1.54, 1.807) is 39.0 Å². The highest BCUT2D eigenvalue weighted by molar-refractivity contribution is 6.40. The number of nitrogens with one attached hydrogen (secondary N) is 2. The number of ketones is 2. The van der Waals surface area contributed by atoms with E-state index in [9.17, 15) is 28.8 Å². The van der Waals surface area contributed by atoms with Crippen molar-refractivity contribution in [2.75, 3.05) is 19.7 Å². The minimum Gasteiger partial charge on any atom is -0.452 e. The number of nitrogens with zero attached hydrogens (tertiary/aromatic N) is 1. The third-order valence-electron chi connectivity index (χ3n) is 8.06. The summed E-state index contributed by atoms with van der Waals surface area (Å²) in [5.74, 6) is -4.05. The Morgan fingerprint density at radius 2 is 1.80 bits per heavy atom. The summed E-state index contributed by atoms with van der Waals surface area (Å²) in [5.41, 5.74) is -0.799. The molecule has 216 valence electrons. The normalized spacial score (nSPS) is 25.3. The van der Waals surface area contributed by atoms with E-state index in [4.69, 9.17) is 9.47 Å². The predicted molar refractivity (Wildman–Crippen MR) is 142 cm³/mol. The van der Waals surface area contributed by atoms with Gasteiger partial charge in [0, 0.05) is 24.6 Å². The Kier molecular flexibility index (Phi) is 8.05. The van der Waals surface area contributed by atoms with E-state index < -0.39 is 59.7 Å². The van der Waals surface area contributed by atoms with Crippen molar-refractivity contribution in [2.24, 2.45) is 23.2 Å². The summed E-state index contributed by atoms with van der Waals surface area (Å²) in [6, 6.07) is 5.78. The number of benzene rings is 1. The monoisotopic (exact) mass is 555 g/mol. The Balaban J connectivity index is 1.47. The number of carbonyl (C=O) groups is 6. The van der Waals surface area contributed by atoms with Crippen LogP contribution in [0.25, 0.3) is 0 Å². The van der Waals surface area contributed by atoms with E-state index in [-0.39, 0.29) is 35.1 Å². The molecule has 2 N–H and O–H groups in total. The van der Waals surface area contributed by atoms with Gasteiger partial charge in [-0.15, -0.1) is 0 Å². The number of carbonyl (C=O) groups excluding carboxylic acids is 6. The number of hydrogen-bond acceptors (Lipinski definition) is 8. The second-order valence-corrected chi connectivity index (χ2v) is 12.3. The Morgan fingerprint density at radius 3 is 2.40 bits per heavy atom. The van der Waals surface area contributed by atoms with Gasteiger partial charge < -0.3 is 20.1 Å². The first kappa shape index (κ1) is 29.2. The van der Waals surface area contributed by atoms with Crippen molar-refractivity contribution < 1.29 is 38.2 Å². The molecule has 3 amide bonds. The van der Waals surface area contributed by atoms with Crippen molar-refractivity contribution in [2.45, 2.75) is 65.1 Å². The quantitative estimate of drug-likeness (QED) is 0.267. The summed E-state index contributed by atoms with van der Waals surface area (Å²) in [6.07, 6.45) is -0.130. The number of Topliss-reactive ketones (excluding diaryl/α,β-unsaturated/α-hetero) is 2. The van der Waals surface area contributed by atoms with Gasteiger partial charge in [-0.25, -0.2) is 9.59 Å². The summed E-state index contributed by atoms with van der Waals surface area (Å²) >= 11 is 0. The summed E-state index contributed by atoms with van der Waals surface area (Å²) in [6.45, 7) is 9.34. The third-order valence-corrected chi connectivity index (χ3v) is 8.06. The first-order chi connectivity index (χ1) is 18.7. The van der Waals surface area contributed by atoms with Gasteiger partial charge in [-0.1, -0.05) is 44.2 Å². The van der Waals surface area contributed by atoms with Crippen LogP contribution in [-0.2, 0) is 28.7 Å². The fraction of sp³-hybridized carbons (Fsp3) is 0.586. The molecular formula is C29H37N3O8. The fourth-order valence-corrected chi connectivity index (χ4v) is 5.79. The van der Waals surface area contributed by atoms with Crippen LogP contribution >= 0.6 is 0 Å². The van der Waals surface area contributed by atoms with E-state index in [2.05, 4.69) is 10.6 Å². The molecule has 2 heterocycles. The summed E-state index contributed by atoms with van der Waals surface area (Å²) in [4.78, 5) is 78.2. The second kappa shape index (κ2) is 11.0. The van der Waals surface area contributed by atoms with Crippen LogP contribution in [0, 0.1) is 23.2 Å². The van der Waals surface area contributed by atoms with Gasteiger partial charge in [0.15, 0.2) is 12.4 Å². The predicted octanol–water partition coefficient (Wildman–Crippen LogP) is 1.88. The molecule has 3 aliphatic rings. The van der Waals surface area contributed by atoms with Gasteiger partial charge in [0.05, 0.1) is 6.04 Å². The fourth-order valence-electron chi connectivity index (χ4n) is 5.79. The molecular weight excluding hydrogens is 518 g/mol. The van der Waals surface area contributed by atoms with Crippen molar-refractivity contribution in [1.29, 1.82) is 0 Å². The number of piperidine rings is 1. The third kappa shape index (κ3) is 6.18. The highest BCUT2D eigenvalue weighted by Gasteiger charge is 2.69. The van der Waals surface area contributed by atoms with Gasteiger partial charge in [-0.3, -0.25) is 24.1 Å². The van der Waals surface area contributed by atoms with Crippen molar-refractivity contribution >= 4 is 35.4 Å². The molecule has 0 bridgehead atoms. The van der Waals surface area contributed by atoms with Gasteiger partial charge in [0.2, 0.25) is 11.8 Å². The van der Waals surface area contributed by atoms with E-state index in [1.165, 1.54) is 17.0 Å². The highest BCUT2D eigenvalue weighted by Crippen LogP contribution is 2.65. The lowest BCUT2D eigenvalue weighted by Gasteiger charge is -2.33. The maximum atomic E-state index is 13.7. The maximum Gasteiger partial charge on any atom is 0.410 e. The molecule has 1 aromatic rings. The molecule has 4 rings (SSSR count). The molecule has 1 aliphatic carbocycles. The van der Waals surface area contributed by atoms with Crippen LogP contribution in [0.15, 0.2) is 30.3 Å². The average Bonchev–Trinajstić information content (AvgIpc) is 3.24.